The highest BCUT2D eigenvalue weighted by Gasteiger charge is 2.23. The second-order valence-electron chi connectivity index (χ2n) is 5.07. The smallest absolute Gasteiger partial charge is 0.326 e. The number of carbonyl (C=O) groups is 2. The zero-order chi connectivity index (χ0) is 17.8. The number of oxazole rings is 1. The van der Waals surface area contributed by atoms with Crippen molar-refractivity contribution in [1.29, 1.82) is 0 Å². The van der Waals surface area contributed by atoms with E-state index in [-0.39, 0.29) is 24.5 Å². The number of amides is 1. The molecule has 0 N–H and O–H groups in total. The number of rotatable bonds is 5. The average molecular weight is 343 g/mol. The van der Waals surface area contributed by atoms with Crippen LogP contribution < -0.4 is 4.90 Å². The largest absolute Gasteiger partial charge is 0.465 e. The summed E-state index contributed by atoms with van der Waals surface area (Å²) < 4.78 is 23.2. The standard InChI is InChI=1S/C17H14FN3O4/c1-2-24-16(22)9-21(15-6-4-12(18)8-19-15)17(23)11-3-5-13-14(7-11)25-10-20-13/h3-8,10H,2,9H2,1H3. The maximum Gasteiger partial charge on any atom is 0.326 e. The Morgan fingerprint density at radius 3 is 2.80 bits per heavy atom. The third-order valence-electron chi connectivity index (χ3n) is 3.40. The summed E-state index contributed by atoms with van der Waals surface area (Å²) in [6.07, 6.45) is 2.25. The Labute approximate surface area is 142 Å². The fourth-order valence-electron chi connectivity index (χ4n) is 2.26. The average Bonchev–Trinajstić information content (AvgIpc) is 3.08. The summed E-state index contributed by atoms with van der Waals surface area (Å²) in [5.41, 5.74) is 1.32. The quantitative estimate of drug-likeness (QED) is 0.662. The van der Waals surface area contributed by atoms with Crippen LogP contribution in [-0.4, -0.2) is 35.0 Å². The lowest BCUT2D eigenvalue weighted by Crippen LogP contribution is -2.37. The van der Waals surface area contributed by atoms with Crippen LogP contribution in [0.5, 0.6) is 0 Å². The van der Waals surface area contributed by atoms with Gasteiger partial charge in [0.05, 0.1) is 12.8 Å². The van der Waals surface area contributed by atoms with E-state index in [2.05, 4.69) is 9.97 Å². The molecule has 3 rings (SSSR count). The van der Waals surface area contributed by atoms with E-state index >= 15 is 0 Å². The van der Waals surface area contributed by atoms with Gasteiger partial charge in [0.2, 0.25) is 0 Å². The van der Waals surface area contributed by atoms with Crippen molar-refractivity contribution in [2.75, 3.05) is 18.1 Å². The molecule has 0 saturated heterocycles. The number of anilines is 1. The number of pyridine rings is 1. The van der Waals surface area contributed by atoms with Crippen LogP contribution in [0.4, 0.5) is 10.2 Å². The molecule has 0 atom stereocenters. The molecule has 0 saturated carbocycles. The first-order valence-corrected chi connectivity index (χ1v) is 7.50. The minimum absolute atomic E-state index is 0.136. The third-order valence-corrected chi connectivity index (χ3v) is 3.40. The fourth-order valence-corrected chi connectivity index (χ4v) is 2.26. The van der Waals surface area contributed by atoms with Crippen LogP contribution in [0.3, 0.4) is 0 Å². The number of esters is 1. The van der Waals surface area contributed by atoms with Crippen molar-refractivity contribution < 1.29 is 23.1 Å². The van der Waals surface area contributed by atoms with Gasteiger partial charge in [-0.15, -0.1) is 0 Å². The summed E-state index contributed by atoms with van der Waals surface area (Å²) in [6.45, 7) is 1.50. The molecule has 0 bridgehead atoms. The van der Waals surface area contributed by atoms with Gasteiger partial charge in [-0.25, -0.2) is 14.4 Å². The van der Waals surface area contributed by atoms with Crippen LogP contribution in [0.1, 0.15) is 17.3 Å². The Bertz CT molecular complexity index is 908. The molecule has 1 amide bonds. The number of aromatic nitrogens is 2. The second kappa shape index (κ2) is 7.08. The van der Waals surface area contributed by atoms with Crippen LogP contribution in [0.25, 0.3) is 11.1 Å². The Morgan fingerprint density at radius 1 is 1.24 bits per heavy atom. The van der Waals surface area contributed by atoms with E-state index in [0.29, 0.717) is 11.1 Å². The SMILES string of the molecule is CCOC(=O)CN(C(=O)c1ccc2ncoc2c1)c1ccc(F)cn1. The molecule has 7 nitrogen and oxygen atoms in total. The Morgan fingerprint density at radius 2 is 2.08 bits per heavy atom. The van der Waals surface area contributed by atoms with Gasteiger partial charge in [-0.2, -0.15) is 0 Å². The summed E-state index contributed by atoms with van der Waals surface area (Å²) in [4.78, 5) is 33.7. The lowest BCUT2D eigenvalue weighted by atomic mass is 10.1. The normalized spacial score (nSPS) is 10.6. The number of fused-ring (bicyclic) bond motifs is 1. The predicted molar refractivity (Wildman–Crippen MR) is 86.5 cm³/mol. The maximum absolute atomic E-state index is 13.1. The molecule has 1 aromatic carbocycles. The van der Waals surface area contributed by atoms with Crippen LogP contribution >= 0.6 is 0 Å². The first kappa shape index (κ1) is 16.6. The predicted octanol–water partition coefficient (Wildman–Crippen LogP) is 2.57. The van der Waals surface area contributed by atoms with Crippen molar-refractivity contribution in [3.05, 3.63) is 54.3 Å². The maximum atomic E-state index is 13.1. The highest BCUT2D eigenvalue weighted by atomic mass is 19.1. The summed E-state index contributed by atoms with van der Waals surface area (Å²) in [7, 11) is 0. The molecule has 8 heteroatoms. The molecular weight excluding hydrogens is 329 g/mol. The molecule has 0 fully saturated rings. The monoisotopic (exact) mass is 343 g/mol. The van der Waals surface area contributed by atoms with Crippen molar-refractivity contribution in [2.24, 2.45) is 0 Å². The van der Waals surface area contributed by atoms with E-state index < -0.39 is 17.7 Å². The molecule has 0 spiro atoms. The summed E-state index contributed by atoms with van der Waals surface area (Å²) in [5.74, 6) is -1.50. The third kappa shape index (κ3) is 3.63. The highest BCUT2D eigenvalue weighted by molar-refractivity contribution is 6.08. The molecule has 2 aromatic heterocycles. The number of carbonyl (C=O) groups excluding carboxylic acids is 2. The fraction of sp³-hybridized carbons (Fsp3) is 0.176. The minimum atomic E-state index is -0.595. The van der Waals surface area contributed by atoms with E-state index in [1.54, 1.807) is 19.1 Å². The van der Waals surface area contributed by atoms with Gasteiger partial charge in [-0.05, 0) is 37.3 Å². The molecule has 0 aliphatic heterocycles. The van der Waals surface area contributed by atoms with Gasteiger partial charge in [-0.3, -0.25) is 14.5 Å². The van der Waals surface area contributed by atoms with Crippen molar-refractivity contribution in [3.63, 3.8) is 0 Å². The highest BCUT2D eigenvalue weighted by Crippen LogP contribution is 2.19. The van der Waals surface area contributed by atoms with Crippen molar-refractivity contribution in [2.45, 2.75) is 6.92 Å². The van der Waals surface area contributed by atoms with E-state index in [1.165, 1.54) is 18.5 Å². The molecule has 0 radical (unpaired) electrons. The number of ether oxygens (including phenoxy) is 1. The lowest BCUT2D eigenvalue weighted by molar-refractivity contribution is -0.141. The number of hydrogen-bond acceptors (Lipinski definition) is 6. The van der Waals surface area contributed by atoms with Gasteiger partial charge in [0, 0.05) is 5.56 Å². The van der Waals surface area contributed by atoms with Gasteiger partial charge >= 0.3 is 5.97 Å². The van der Waals surface area contributed by atoms with E-state index in [9.17, 15) is 14.0 Å². The Hall–Kier alpha value is -3.29. The number of benzene rings is 1. The van der Waals surface area contributed by atoms with Crippen molar-refractivity contribution >= 4 is 28.8 Å². The van der Waals surface area contributed by atoms with Crippen LogP contribution in [0, 0.1) is 5.82 Å². The molecular formula is C17H14FN3O4. The van der Waals surface area contributed by atoms with Crippen LogP contribution in [0.15, 0.2) is 47.3 Å². The zero-order valence-electron chi connectivity index (χ0n) is 13.3. The minimum Gasteiger partial charge on any atom is -0.465 e. The molecule has 0 aliphatic carbocycles. The van der Waals surface area contributed by atoms with E-state index in [4.69, 9.17) is 9.15 Å². The molecule has 3 aromatic rings. The molecule has 0 unspecified atom stereocenters. The molecule has 25 heavy (non-hydrogen) atoms. The van der Waals surface area contributed by atoms with Gasteiger partial charge in [0.15, 0.2) is 12.0 Å². The first-order valence-electron chi connectivity index (χ1n) is 7.50. The van der Waals surface area contributed by atoms with E-state index in [1.807, 2.05) is 0 Å². The molecule has 128 valence electrons. The van der Waals surface area contributed by atoms with Gasteiger partial charge in [0.25, 0.3) is 5.91 Å². The number of nitrogens with zero attached hydrogens (tertiary/aromatic N) is 3. The van der Waals surface area contributed by atoms with Crippen LogP contribution in [0.2, 0.25) is 0 Å². The summed E-state index contributed by atoms with van der Waals surface area (Å²) >= 11 is 0. The van der Waals surface area contributed by atoms with Crippen molar-refractivity contribution in [1.82, 2.24) is 9.97 Å². The summed E-state index contributed by atoms with van der Waals surface area (Å²) in [6, 6.07) is 7.20. The Balaban J connectivity index is 1.95. The van der Waals surface area contributed by atoms with E-state index in [0.717, 1.165) is 17.2 Å². The molecule has 0 aliphatic rings. The van der Waals surface area contributed by atoms with Gasteiger partial charge in [0.1, 0.15) is 23.7 Å². The Kier molecular flexibility index (Phi) is 4.69. The number of halogens is 1. The lowest BCUT2D eigenvalue weighted by Gasteiger charge is -2.20. The first-order chi connectivity index (χ1) is 12.1. The zero-order valence-corrected chi connectivity index (χ0v) is 13.3. The van der Waals surface area contributed by atoms with Crippen molar-refractivity contribution in [3.8, 4) is 0 Å². The number of hydrogen-bond donors (Lipinski definition) is 0. The topological polar surface area (TPSA) is 85.5 Å². The van der Waals surface area contributed by atoms with Crippen LogP contribution in [-0.2, 0) is 9.53 Å². The van der Waals surface area contributed by atoms with Gasteiger partial charge in [-0.1, -0.05) is 0 Å². The molecule has 2 heterocycles. The van der Waals surface area contributed by atoms with Gasteiger partial charge < -0.3 is 9.15 Å². The summed E-state index contributed by atoms with van der Waals surface area (Å²) in [5, 5.41) is 0. The second-order valence-corrected chi connectivity index (χ2v) is 5.07.